The van der Waals surface area contributed by atoms with Gasteiger partial charge in [-0.25, -0.2) is 4.39 Å². The fraction of sp³-hybridized carbons (Fsp3) is 0.188. The average molecular weight is 321 g/mol. The number of carbonyl (C=O) groups excluding carboxylic acids is 1. The number of carbonyl (C=O) groups is 1. The molecule has 0 aliphatic rings. The molecule has 0 heterocycles. The van der Waals surface area contributed by atoms with Gasteiger partial charge < -0.3 is 0 Å². The lowest BCUT2D eigenvalue weighted by molar-refractivity contribution is 0.103. The molecule has 0 aliphatic carbocycles. The van der Waals surface area contributed by atoms with Crippen molar-refractivity contribution in [3.63, 3.8) is 0 Å². The maximum atomic E-state index is 14.0. The van der Waals surface area contributed by atoms with Crippen LogP contribution in [0.1, 0.15) is 32.6 Å². The molecule has 0 bridgehead atoms. The summed E-state index contributed by atoms with van der Waals surface area (Å²) in [4.78, 5) is 12.4. The summed E-state index contributed by atoms with van der Waals surface area (Å²) in [6, 6.07) is 8.51. The lowest BCUT2D eigenvalue weighted by atomic mass is 9.96. The van der Waals surface area contributed by atoms with Crippen molar-refractivity contribution in [1.29, 1.82) is 0 Å². The first-order valence-corrected chi connectivity index (χ1v) is 6.77. The Balaban J connectivity index is 2.53. The van der Waals surface area contributed by atoms with E-state index in [2.05, 4.69) is 15.9 Å². The largest absolute Gasteiger partial charge is 0.288 e. The number of benzene rings is 2. The maximum Gasteiger partial charge on any atom is 0.196 e. The van der Waals surface area contributed by atoms with Gasteiger partial charge in [0.15, 0.2) is 5.78 Å². The second-order valence-electron chi connectivity index (χ2n) is 4.73. The zero-order valence-electron chi connectivity index (χ0n) is 11.1. The van der Waals surface area contributed by atoms with Gasteiger partial charge in [0.25, 0.3) is 0 Å². The highest BCUT2D eigenvalue weighted by molar-refractivity contribution is 9.10. The van der Waals surface area contributed by atoms with Gasteiger partial charge >= 0.3 is 0 Å². The number of hydrogen-bond donors (Lipinski definition) is 0. The van der Waals surface area contributed by atoms with E-state index in [1.165, 1.54) is 6.07 Å². The Labute approximate surface area is 120 Å². The summed E-state index contributed by atoms with van der Waals surface area (Å²) in [5, 5.41) is 0. The minimum atomic E-state index is -0.459. The molecule has 0 amide bonds. The van der Waals surface area contributed by atoms with E-state index in [4.69, 9.17) is 0 Å². The van der Waals surface area contributed by atoms with Crippen molar-refractivity contribution < 1.29 is 9.18 Å². The number of hydrogen-bond acceptors (Lipinski definition) is 1. The van der Waals surface area contributed by atoms with Crippen LogP contribution in [0, 0.1) is 26.6 Å². The molecule has 0 unspecified atom stereocenters. The van der Waals surface area contributed by atoms with Gasteiger partial charge in [-0.05, 0) is 49.6 Å². The van der Waals surface area contributed by atoms with E-state index in [1.807, 2.05) is 26.0 Å². The molecule has 0 aliphatic heterocycles. The Morgan fingerprint density at radius 1 is 1.05 bits per heavy atom. The Bertz CT molecular complexity index is 639. The van der Waals surface area contributed by atoms with Crippen molar-refractivity contribution in [2.24, 2.45) is 0 Å². The third-order valence-corrected chi connectivity index (χ3v) is 3.95. The molecule has 2 aromatic carbocycles. The van der Waals surface area contributed by atoms with Gasteiger partial charge in [0, 0.05) is 10.0 Å². The standard InChI is InChI=1S/C16H14BrFO/c1-9-6-11(3)15(14(18)7-9)16(19)12-5-4-10(2)13(17)8-12/h4-8H,1-3H3. The molecule has 0 N–H and O–H groups in total. The molecule has 98 valence electrons. The summed E-state index contributed by atoms with van der Waals surface area (Å²) in [6.07, 6.45) is 0. The number of aryl methyl sites for hydroxylation is 3. The normalized spacial score (nSPS) is 10.6. The van der Waals surface area contributed by atoms with Crippen molar-refractivity contribution in [2.45, 2.75) is 20.8 Å². The summed E-state index contributed by atoms with van der Waals surface area (Å²) in [5.41, 5.74) is 3.16. The Hall–Kier alpha value is -1.48. The zero-order valence-corrected chi connectivity index (χ0v) is 12.6. The lowest BCUT2D eigenvalue weighted by Crippen LogP contribution is -2.07. The molecule has 0 radical (unpaired) electrons. The number of halogens is 2. The van der Waals surface area contributed by atoms with Gasteiger partial charge in [-0.1, -0.05) is 34.1 Å². The van der Waals surface area contributed by atoms with Gasteiger partial charge in [0.05, 0.1) is 5.56 Å². The molecule has 0 spiro atoms. The minimum Gasteiger partial charge on any atom is -0.288 e. The summed E-state index contributed by atoms with van der Waals surface area (Å²) in [7, 11) is 0. The predicted octanol–water partition coefficient (Wildman–Crippen LogP) is 4.74. The Morgan fingerprint density at radius 2 is 1.74 bits per heavy atom. The SMILES string of the molecule is Cc1cc(C)c(C(=O)c2ccc(C)c(Br)c2)c(F)c1. The molecule has 19 heavy (non-hydrogen) atoms. The Kier molecular flexibility index (Phi) is 3.85. The number of ketones is 1. The van der Waals surface area contributed by atoms with Crippen LogP contribution in [0.2, 0.25) is 0 Å². The molecule has 3 heteroatoms. The van der Waals surface area contributed by atoms with Crippen LogP contribution in [0.25, 0.3) is 0 Å². The molecule has 0 fully saturated rings. The van der Waals surface area contributed by atoms with Crippen LogP contribution >= 0.6 is 15.9 Å². The van der Waals surface area contributed by atoms with E-state index >= 15 is 0 Å². The van der Waals surface area contributed by atoms with Crippen molar-refractivity contribution >= 4 is 21.7 Å². The van der Waals surface area contributed by atoms with Crippen LogP contribution in [0.15, 0.2) is 34.8 Å². The van der Waals surface area contributed by atoms with Crippen molar-refractivity contribution in [1.82, 2.24) is 0 Å². The highest BCUT2D eigenvalue weighted by Gasteiger charge is 2.17. The van der Waals surface area contributed by atoms with Gasteiger partial charge in [-0.3, -0.25) is 4.79 Å². The van der Waals surface area contributed by atoms with Crippen LogP contribution in [0.4, 0.5) is 4.39 Å². The molecular formula is C16H14BrFO. The zero-order chi connectivity index (χ0) is 14.2. The van der Waals surface area contributed by atoms with E-state index in [9.17, 15) is 9.18 Å². The molecular weight excluding hydrogens is 307 g/mol. The average Bonchev–Trinajstić information content (AvgIpc) is 2.31. The second-order valence-corrected chi connectivity index (χ2v) is 5.59. The predicted molar refractivity (Wildman–Crippen MR) is 78.2 cm³/mol. The third-order valence-electron chi connectivity index (χ3n) is 3.09. The topological polar surface area (TPSA) is 17.1 Å². The highest BCUT2D eigenvalue weighted by Crippen LogP contribution is 2.23. The highest BCUT2D eigenvalue weighted by atomic mass is 79.9. The van der Waals surface area contributed by atoms with Crippen LogP contribution in [-0.2, 0) is 0 Å². The molecule has 0 aromatic heterocycles. The van der Waals surface area contributed by atoms with E-state index < -0.39 is 5.82 Å². The molecule has 2 aromatic rings. The maximum absolute atomic E-state index is 14.0. The fourth-order valence-electron chi connectivity index (χ4n) is 2.08. The van der Waals surface area contributed by atoms with Crippen LogP contribution in [-0.4, -0.2) is 5.78 Å². The van der Waals surface area contributed by atoms with Crippen molar-refractivity contribution in [3.8, 4) is 0 Å². The quantitative estimate of drug-likeness (QED) is 0.730. The smallest absolute Gasteiger partial charge is 0.196 e. The van der Waals surface area contributed by atoms with Crippen LogP contribution < -0.4 is 0 Å². The summed E-state index contributed by atoms with van der Waals surface area (Å²) >= 11 is 3.39. The second kappa shape index (κ2) is 5.25. The van der Waals surface area contributed by atoms with E-state index in [0.29, 0.717) is 11.1 Å². The molecule has 1 nitrogen and oxygen atoms in total. The first kappa shape index (κ1) is 13.9. The van der Waals surface area contributed by atoms with E-state index in [-0.39, 0.29) is 11.3 Å². The lowest BCUT2D eigenvalue weighted by Gasteiger charge is -2.09. The third kappa shape index (κ3) is 2.76. The summed E-state index contributed by atoms with van der Waals surface area (Å²) < 4.78 is 14.8. The van der Waals surface area contributed by atoms with Gasteiger partial charge in [0.1, 0.15) is 5.82 Å². The van der Waals surface area contributed by atoms with Crippen molar-refractivity contribution in [3.05, 3.63) is 68.4 Å². The monoisotopic (exact) mass is 320 g/mol. The summed E-state index contributed by atoms with van der Waals surface area (Å²) in [5.74, 6) is -0.741. The van der Waals surface area contributed by atoms with Crippen molar-refractivity contribution in [2.75, 3.05) is 0 Å². The number of rotatable bonds is 2. The Morgan fingerprint density at radius 3 is 2.32 bits per heavy atom. The van der Waals surface area contributed by atoms with Gasteiger partial charge in [-0.2, -0.15) is 0 Å². The summed E-state index contributed by atoms with van der Waals surface area (Å²) in [6.45, 7) is 5.51. The molecule has 2 rings (SSSR count). The molecule has 0 saturated heterocycles. The van der Waals surface area contributed by atoms with E-state index in [1.54, 1.807) is 19.1 Å². The van der Waals surface area contributed by atoms with Crippen LogP contribution in [0.5, 0.6) is 0 Å². The van der Waals surface area contributed by atoms with Gasteiger partial charge in [0.2, 0.25) is 0 Å². The molecule has 0 atom stereocenters. The van der Waals surface area contributed by atoms with E-state index in [0.717, 1.165) is 15.6 Å². The molecule has 0 saturated carbocycles. The first-order chi connectivity index (χ1) is 8.90. The van der Waals surface area contributed by atoms with Gasteiger partial charge in [-0.15, -0.1) is 0 Å². The first-order valence-electron chi connectivity index (χ1n) is 5.97. The minimum absolute atomic E-state index is 0.154. The fourth-order valence-corrected chi connectivity index (χ4v) is 2.46. The van der Waals surface area contributed by atoms with Crippen LogP contribution in [0.3, 0.4) is 0 Å².